The Labute approximate surface area is 698 Å². The number of nitrogens with zero attached hydrogens (tertiary/aromatic N) is 4. The van der Waals surface area contributed by atoms with Crippen LogP contribution >= 0.6 is 23.5 Å². The van der Waals surface area contributed by atoms with Gasteiger partial charge in [0.1, 0.15) is 60.4 Å². The molecule has 0 saturated carbocycles. The van der Waals surface area contributed by atoms with Crippen molar-refractivity contribution in [2.24, 2.45) is 34.6 Å². The molecule has 3 heterocycles. The number of amides is 14. The predicted octanol–water partition coefficient (Wildman–Crippen LogP) is -3.20. The normalized spacial score (nSPS) is 19.6. The second-order valence-corrected chi connectivity index (χ2v) is 30.9. The van der Waals surface area contributed by atoms with E-state index in [2.05, 4.69) is 74.1 Å². The molecule has 6 rings (SSSR count). The van der Waals surface area contributed by atoms with Gasteiger partial charge in [-0.15, -0.1) is 0 Å². The summed E-state index contributed by atoms with van der Waals surface area (Å²) in [5.41, 5.74) is 32.1. The number of aromatic nitrogens is 3. The lowest BCUT2D eigenvalue weighted by atomic mass is 10.00. The highest BCUT2D eigenvalue weighted by atomic mass is 32.2. The van der Waals surface area contributed by atoms with Crippen molar-refractivity contribution in [3.05, 3.63) is 120 Å². The van der Waals surface area contributed by atoms with Crippen LogP contribution in [0.4, 0.5) is 4.79 Å². The molecule has 0 spiro atoms. The van der Waals surface area contributed by atoms with E-state index in [1.54, 1.807) is 117 Å². The third kappa shape index (κ3) is 30.4. The molecule has 648 valence electrons. The summed E-state index contributed by atoms with van der Waals surface area (Å²) in [4.78, 5) is 206. The largest absolute Gasteiger partial charge is 0.391 e. The molecule has 38 nitrogen and oxygen atoms in total. The maximum atomic E-state index is 15.3. The van der Waals surface area contributed by atoms with Crippen molar-refractivity contribution in [1.82, 2.24) is 88.8 Å². The molecule has 1 aliphatic rings. The van der Waals surface area contributed by atoms with Gasteiger partial charge in [0.05, 0.1) is 34.7 Å². The van der Waals surface area contributed by atoms with Crippen molar-refractivity contribution in [3.63, 3.8) is 0 Å². The van der Waals surface area contributed by atoms with Crippen molar-refractivity contribution < 1.29 is 77.3 Å². The number of nitrogens with one attached hydrogen (secondary N) is 13. The minimum atomic E-state index is -1.89. The average Bonchev–Trinajstić information content (AvgIpc) is 1.63. The van der Waals surface area contributed by atoms with Crippen LogP contribution in [0, 0.1) is 5.92 Å². The van der Waals surface area contributed by atoms with Crippen LogP contribution in [0.1, 0.15) is 113 Å². The van der Waals surface area contributed by atoms with E-state index < -0.39 is 169 Å². The summed E-state index contributed by atoms with van der Waals surface area (Å²) in [6, 6.07) is 9.00. The van der Waals surface area contributed by atoms with Crippen LogP contribution in [-0.4, -0.2) is 263 Å². The predicted molar refractivity (Wildman–Crippen MR) is 448 cm³/mol. The summed E-state index contributed by atoms with van der Waals surface area (Å²) in [7, 11) is 1.52. The molecule has 2 aromatic heterocycles. The quantitative estimate of drug-likeness (QED) is 0.0173. The molecule has 5 aromatic rings. The van der Waals surface area contributed by atoms with Gasteiger partial charge in [-0.1, -0.05) is 74.1 Å². The molecule has 0 unspecified atom stereocenters. The Morgan fingerprint density at radius 1 is 0.647 bits per heavy atom. The number of carbonyl (C=O) groups is 14. The zero-order valence-electron chi connectivity index (χ0n) is 67.6. The van der Waals surface area contributed by atoms with Gasteiger partial charge in [0.15, 0.2) is 0 Å². The lowest BCUT2D eigenvalue weighted by Crippen LogP contribution is -2.62. The van der Waals surface area contributed by atoms with Crippen LogP contribution in [0.15, 0.2) is 107 Å². The SMILES string of the molecule is CNC(=O)c1ccccc1Sc1ccc2c(/C=C/c3ccccn3)nn(C(=O)N(CCC(=O)N[C@H](CCN)C(=O)N[C@H](C(=O)N[C@H](CCN)C(=O)N[C@H]3CCNC(=O)[C@@H]([C@@H](C)O)NC(=O)[C@@H](CCN)NC(=O)[C@@H](CCN)NC(=O)[C@@H](CC(C)C)NC(=O)[C@@H](Cc4ccccc4)NC(=O)[C@@H](CCN)NC3=O)[C@@H](C)O)C[C@@H](CCSC)NC=O)c2c1. The minimum absolute atomic E-state index is 0.0113. The van der Waals surface area contributed by atoms with Crippen molar-refractivity contribution in [2.45, 2.75) is 180 Å². The Kier molecular flexibility index (Phi) is 40.7. The third-order valence-corrected chi connectivity index (χ3v) is 20.8. The van der Waals surface area contributed by atoms with Gasteiger partial charge in [0.2, 0.25) is 71.4 Å². The fraction of sp³-hybridized carbons (Fsp3) is 0.494. The van der Waals surface area contributed by atoms with Crippen LogP contribution in [0.25, 0.3) is 23.1 Å². The second kappa shape index (κ2) is 50.1. The summed E-state index contributed by atoms with van der Waals surface area (Å²) in [6.45, 7) is 3.80. The molecule has 14 amide bonds. The molecule has 1 aliphatic heterocycles. The molecular formula is C79H114N22O16S2. The van der Waals surface area contributed by atoms with Crippen LogP contribution in [0.3, 0.4) is 0 Å². The number of aliphatic hydroxyl groups is 2. The fourth-order valence-electron chi connectivity index (χ4n) is 12.7. The van der Waals surface area contributed by atoms with Gasteiger partial charge in [-0.25, -0.2) is 4.79 Å². The fourth-order valence-corrected chi connectivity index (χ4v) is 14.2. The molecule has 1 saturated heterocycles. The number of thioether (sulfide) groups is 1. The monoisotopic (exact) mass is 1690 g/mol. The van der Waals surface area contributed by atoms with Gasteiger partial charge in [0.25, 0.3) is 5.91 Å². The molecule has 1 fully saturated rings. The van der Waals surface area contributed by atoms with Gasteiger partial charge < -0.3 is 113 Å². The van der Waals surface area contributed by atoms with Gasteiger partial charge in [-0.3, -0.25) is 67.3 Å². The summed E-state index contributed by atoms with van der Waals surface area (Å²) in [5.74, 6) is -10.8. The number of aliphatic hydroxyl groups excluding tert-OH is 2. The van der Waals surface area contributed by atoms with E-state index in [1.807, 2.05) is 12.3 Å². The van der Waals surface area contributed by atoms with Crippen LogP contribution in [0.2, 0.25) is 0 Å². The van der Waals surface area contributed by atoms with Crippen molar-refractivity contribution in [1.29, 1.82) is 0 Å². The van der Waals surface area contributed by atoms with Crippen LogP contribution < -0.4 is 97.8 Å². The zero-order chi connectivity index (χ0) is 87.3. The molecule has 0 bridgehead atoms. The number of fused-ring (bicyclic) bond motifs is 1. The Balaban J connectivity index is 1.27. The molecular weight excluding hydrogens is 1580 g/mol. The second-order valence-electron chi connectivity index (χ2n) is 28.8. The molecule has 119 heavy (non-hydrogen) atoms. The Hall–Kier alpha value is -11.0. The van der Waals surface area contributed by atoms with Gasteiger partial charge in [-0.2, -0.15) is 21.5 Å². The van der Waals surface area contributed by atoms with Gasteiger partial charge in [-0.05, 0) is 176 Å². The van der Waals surface area contributed by atoms with Gasteiger partial charge in [0, 0.05) is 66.9 Å². The summed E-state index contributed by atoms with van der Waals surface area (Å²) >= 11 is 2.77. The maximum Gasteiger partial charge on any atom is 0.345 e. The Morgan fingerprint density at radius 3 is 1.82 bits per heavy atom. The van der Waals surface area contributed by atoms with E-state index in [0.717, 1.165) is 6.92 Å². The first-order valence-electron chi connectivity index (χ1n) is 39.3. The molecule has 40 heteroatoms. The topological polar surface area (TPSA) is 600 Å². The molecule has 3 aromatic carbocycles. The Bertz CT molecular complexity index is 4280. The number of hydrogen-bond acceptors (Lipinski definition) is 25. The van der Waals surface area contributed by atoms with E-state index in [-0.39, 0.29) is 103 Å². The number of carbonyl (C=O) groups excluding carboxylic acids is 14. The first kappa shape index (κ1) is 96.9. The number of nitrogens with two attached hydrogens (primary N) is 5. The molecule has 25 N–H and O–H groups in total. The van der Waals surface area contributed by atoms with E-state index in [0.29, 0.717) is 61.8 Å². The lowest BCUT2D eigenvalue weighted by Gasteiger charge is -2.29. The number of hydrogen-bond donors (Lipinski definition) is 20. The number of pyridine rings is 1. The van der Waals surface area contributed by atoms with Crippen molar-refractivity contribution >= 4 is 130 Å². The van der Waals surface area contributed by atoms with Crippen molar-refractivity contribution in [3.8, 4) is 0 Å². The molecule has 0 radical (unpaired) electrons. The highest BCUT2D eigenvalue weighted by Gasteiger charge is 2.39. The van der Waals surface area contributed by atoms with E-state index in [4.69, 9.17) is 33.8 Å². The minimum Gasteiger partial charge on any atom is -0.391 e. The zero-order valence-corrected chi connectivity index (χ0v) is 69.2. The first-order valence-corrected chi connectivity index (χ1v) is 41.5. The number of benzene rings is 3. The summed E-state index contributed by atoms with van der Waals surface area (Å²) in [6.07, 6.45) is 2.04. The molecule has 0 aliphatic carbocycles. The third-order valence-electron chi connectivity index (χ3n) is 19.0. The maximum absolute atomic E-state index is 15.3. The average molecular weight is 1690 g/mol. The Morgan fingerprint density at radius 2 is 1.24 bits per heavy atom. The molecule has 13 atom stereocenters. The van der Waals surface area contributed by atoms with E-state index in [9.17, 15) is 72.5 Å². The first-order chi connectivity index (χ1) is 57.0. The van der Waals surface area contributed by atoms with Gasteiger partial charge >= 0.3 is 6.03 Å². The van der Waals surface area contributed by atoms with Crippen molar-refractivity contribution in [2.75, 3.05) is 71.4 Å². The van der Waals surface area contributed by atoms with Crippen LogP contribution in [-0.2, 0) is 64.0 Å². The van der Waals surface area contributed by atoms with E-state index in [1.165, 1.54) is 47.1 Å². The summed E-state index contributed by atoms with van der Waals surface area (Å²) in [5, 5.41) is 61.0. The lowest BCUT2D eigenvalue weighted by molar-refractivity contribution is -0.137. The summed E-state index contributed by atoms with van der Waals surface area (Å²) < 4.78 is 1.18. The standard InChI is InChI=1S/C79H114N22O16S2/c1-45(2)40-61-75(113)92-56(24-32-81)69(107)91-59(27-35-84)74(112)97-66(46(3)103)77(115)87-37-28-60(72(110)90-57(25-33-82)71(109)96-62(76(114)95-61)41-48-14-8-7-9-15-48)93-70(108)58(26-34-83)94-78(116)67(47(4)104)98-73(111)55(23-31-80)89-65(105)29-38-100(43-50(88-44-102)30-39-118-6)79(117)101-63-42-51(119-64-18-11-10-17-53(64)68(106)85-5)20-21-52(63)54(99-101)22-19-49-16-12-13-36-86-49/h7-22,36,42,44-47,50,55-62,66-67,103-104H,23-35,37-41,43,80-84H2,1-6H3,(H,85,106)(H,87,115)(H,88,102)(H,89,105)(H,90,110)(H,91,107)(H,92,113)(H,93,108)(H,94,116)(H,95,114)(H,96,109)(H,97,112)(H,98,111)/b22-19+/t46-,47-,50-,55-,56-,57-,58-,59-,60+,61-,62-,66-,67+/m1/s1. The highest BCUT2D eigenvalue weighted by Crippen LogP contribution is 2.34. The smallest absolute Gasteiger partial charge is 0.345 e. The number of rotatable bonds is 38. The van der Waals surface area contributed by atoms with Crippen LogP contribution in [0.5, 0.6) is 0 Å². The van der Waals surface area contributed by atoms with E-state index >= 15 is 4.79 Å². The highest BCUT2D eigenvalue weighted by molar-refractivity contribution is 7.99.